The molecule has 110 valence electrons. The predicted molar refractivity (Wildman–Crippen MR) is 77.1 cm³/mol. The van der Waals surface area contributed by atoms with Gasteiger partial charge in [-0.05, 0) is 0 Å². The van der Waals surface area contributed by atoms with Crippen LogP contribution in [-0.4, -0.2) is 47.0 Å². The molecular weight excluding hydrogens is 323 g/mol. The number of methoxy groups -OCH3 is 2. The fourth-order valence-corrected chi connectivity index (χ4v) is 5.12. The van der Waals surface area contributed by atoms with Gasteiger partial charge < -0.3 is 0 Å². The molecule has 0 radical (unpaired) electrons. The van der Waals surface area contributed by atoms with Crippen molar-refractivity contribution in [1.29, 1.82) is 0 Å². The number of benzene rings is 1. The Morgan fingerprint density at radius 2 is 2.00 bits per heavy atom. The van der Waals surface area contributed by atoms with Crippen LogP contribution in [0, 0.1) is 0 Å². The third kappa shape index (κ3) is 3.07. The molecule has 0 bridgehead atoms. The first kappa shape index (κ1) is 15.5. The number of rotatable bonds is 4. The zero-order chi connectivity index (χ0) is 14.6. The molecule has 1 aliphatic rings. The topological polar surface area (TPSA) is 44.8 Å². The first-order chi connectivity index (χ1) is 9.62. The summed E-state index contributed by atoms with van der Waals surface area (Å²) in [7, 11) is 2.89. The molecule has 1 aliphatic heterocycles. The molecule has 1 fully saturated rings. The van der Waals surface area contributed by atoms with E-state index in [9.17, 15) is 4.79 Å². The van der Waals surface area contributed by atoms with Crippen molar-refractivity contribution in [2.45, 2.75) is 36.5 Å². The van der Waals surface area contributed by atoms with Gasteiger partial charge in [0.1, 0.15) is 0 Å². The quantitative estimate of drug-likeness (QED) is 0.614. The molecule has 0 saturated carbocycles. The molecule has 0 N–H and O–H groups in total. The Hall–Kier alpha value is -0.871. The van der Waals surface area contributed by atoms with E-state index in [1.165, 1.54) is 18.7 Å². The zero-order valence-electron chi connectivity index (χ0n) is 12.0. The molecule has 1 saturated heterocycles. The van der Waals surface area contributed by atoms with Crippen LogP contribution in [0.2, 0.25) is 4.82 Å². The van der Waals surface area contributed by atoms with Crippen LogP contribution in [0.1, 0.15) is 19.8 Å². The van der Waals surface area contributed by atoms with Crippen molar-refractivity contribution in [3.8, 4) is 0 Å². The van der Waals surface area contributed by atoms with Crippen molar-refractivity contribution in [2.75, 3.05) is 14.2 Å². The SMILES string of the molecule is COC(=O)[C@]1(OC)O[C@@H](C)CC[C@@H]1[Se]c1ccccc1. The molecule has 1 heterocycles. The van der Waals surface area contributed by atoms with Gasteiger partial charge in [0.15, 0.2) is 0 Å². The molecular formula is C15H20O4Se. The second-order valence-electron chi connectivity index (χ2n) is 4.79. The third-order valence-electron chi connectivity index (χ3n) is 3.43. The number of esters is 1. The summed E-state index contributed by atoms with van der Waals surface area (Å²) in [4.78, 5) is 12.2. The minimum absolute atomic E-state index is 0.00290. The number of carbonyl (C=O) groups excluding carboxylic acids is 1. The summed E-state index contributed by atoms with van der Waals surface area (Å²) in [6.07, 6.45) is 1.83. The van der Waals surface area contributed by atoms with Crippen molar-refractivity contribution in [2.24, 2.45) is 0 Å². The van der Waals surface area contributed by atoms with Gasteiger partial charge in [-0.15, -0.1) is 0 Å². The van der Waals surface area contributed by atoms with E-state index >= 15 is 0 Å². The van der Waals surface area contributed by atoms with Crippen molar-refractivity contribution in [3.05, 3.63) is 30.3 Å². The summed E-state index contributed by atoms with van der Waals surface area (Å²) in [6.45, 7) is 1.96. The average Bonchev–Trinajstić information content (AvgIpc) is 2.49. The van der Waals surface area contributed by atoms with Gasteiger partial charge >= 0.3 is 125 Å². The monoisotopic (exact) mass is 344 g/mol. The Morgan fingerprint density at radius 1 is 1.30 bits per heavy atom. The van der Waals surface area contributed by atoms with Crippen LogP contribution in [0.5, 0.6) is 0 Å². The van der Waals surface area contributed by atoms with Gasteiger partial charge in [-0.3, -0.25) is 0 Å². The molecule has 0 aliphatic carbocycles. The van der Waals surface area contributed by atoms with E-state index in [2.05, 4.69) is 12.1 Å². The Labute approximate surface area is 125 Å². The van der Waals surface area contributed by atoms with Crippen LogP contribution in [-0.2, 0) is 19.0 Å². The van der Waals surface area contributed by atoms with Gasteiger partial charge in [-0.2, -0.15) is 0 Å². The van der Waals surface area contributed by atoms with Crippen LogP contribution in [0.15, 0.2) is 30.3 Å². The van der Waals surface area contributed by atoms with Gasteiger partial charge in [0, 0.05) is 0 Å². The molecule has 20 heavy (non-hydrogen) atoms. The predicted octanol–water partition coefficient (Wildman–Crippen LogP) is 1.52. The van der Waals surface area contributed by atoms with Crippen molar-refractivity contribution < 1.29 is 19.0 Å². The van der Waals surface area contributed by atoms with Crippen molar-refractivity contribution in [3.63, 3.8) is 0 Å². The fourth-order valence-electron chi connectivity index (χ4n) is 2.39. The van der Waals surface area contributed by atoms with Crippen LogP contribution in [0.3, 0.4) is 0 Å². The van der Waals surface area contributed by atoms with Crippen LogP contribution < -0.4 is 4.46 Å². The van der Waals surface area contributed by atoms with E-state index in [0.717, 1.165) is 12.8 Å². The second kappa shape index (κ2) is 6.72. The third-order valence-corrected chi connectivity index (χ3v) is 6.31. The number of carbonyl (C=O) groups is 1. The molecule has 0 unspecified atom stereocenters. The van der Waals surface area contributed by atoms with E-state index in [1.807, 2.05) is 25.1 Å². The first-order valence-corrected chi connectivity index (χ1v) is 8.50. The van der Waals surface area contributed by atoms with E-state index in [0.29, 0.717) is 0 Å². The average molecular weight is 343 g/mol. The minimum atomic E-state index is -1.26. The Morgan fingerprint density at radius 3 is 2.60 bits per heavy atom. The summed E-state index contributed by atoms with van der Waals surface area (Å²) in [6, 6.07) is 10.2. The van der Waals surface area contributed by atoms with E-state index in [4.69, 9.17) is 14.2 Å². The number of hydrogen-bond acceptors (Lipinski definition) is 4. The van der Waals surface area contributed by atoms with Gasteiger partial charge in [0.25, 0.3) is 0 Å². The molecule has 0 spiro atoms. The summed E-state index contributed by atoms with van der Waals surface area (Å²) in [5, 5.41) is 0. The van der Waals surface area contributed by atoms with Gasteiger partial charge in [-0.1, -0.05) is 0 Å². The number of hydrogen-bond donors (Lipinski definition) is 0. The Bertz CT molecular complexity index is 450. The molecule has 1 aromatic rings. The summed E-state index contributed by atoms with van der Waals surface area (Å²) in [5.74, 6) is -1.70. The Balaban J connectivity index is 2.25. The molecule has 0 aromatic heterocycles. The van der Waals surface area contributed by atoms with Crippen molar-refractivity contribution >= 4 is 25.4 Å². The van der Waals surface area contributed by atoms with E-state index in [1.54, 1.807) is 0 Å². The fraction of sp³-hybridized carbons (Fsp3) is 0.533. The summed E-state index contributed by atoms with van der Waals surface area (Å²) >= 11 is 0.0889. The zero-order valence-corrected chi connectivity index (χ0v) is 13.7. The first-order valence-electron chi connectivity index (χ1n) is 6.65. The summed E-state index contributed by atoms with van der Waals surface area (Å²) in [5.41, 5.74) is 0. The Kier molecular flexibility index (Phi) is 5.22. The van der Waals surface area contributed by atoms with Gasteiger partial charge in [-0.25, -0.2) is 0 Å². The van der Waals surface area contributed by atoms with E-state index < -0.39 is 11.8 Å². The molecule has 5 heteroatoms. The summed E-state index contributed by atoms with van der Waals surface area (Å²) < 4.78 is 17.5. The maximum absolute atomic E-state index is 12.2. The number of ether oxygens (including phenoxy) is 3. The van der Waals surface area contributed by atoms with Gasteiger partial charge in [0.2, 0.25) is 0 Å². The molecule has 4 nitrogen and oxygen atoms in total. The second-order valence-corrected chi connectivity index (χ2v) is 7.47. The van der Waals surface area contributed by atoms with Gasteiger partial charge in [0.05, 0.1) is 0 Å². The van der Waals surface area contributed by atoms with Crippen LogP contribution in [0.4, 0.5) is 0 Å². The normalized spacial score (nSPS) is 29.9. The maximum atomic E-state index is 12.2. The van der Waals surface area contributed by atoms with Crippen molar-refractivity contribution in [1.82, 2.24) is 0 Å². The molecule has 2 rings (SSSR count). The van der Waals surface area contributed by atoms with Crippen LogP contribution >= 0.6 is 0 Å². The van der Waals surface area contributed by atoms with Crippen LogP contribution in [0.25, 0.3) is 0 Å². The standard InChI is InChI=1S/C15H20O4Se/c1-11-9-10-13(20-12-7-5-4-6-8-12)15(18-3,19-11)14(16)17-2/h4-8,11,13H,9-10H2,1-3H3/t11-,13-,15+/m0/s1. The molecule has 1 aromatic carbocycles. The molecule has 0 amide bonds. The van der Waals surface area contributed by atoms with E-state index in [-0.39, 0.29) is 25.9 Å². The molecule has 3 atom stereocenters.